The summed E-state index contributed by atoms with van der Waals surface area (Å²) in [5.74, 6) is 3.93. The molecule has 2 aliphatic carbocycles. The zero-order valence-electron chi connectivity index (χ0n) is 35.1. The van der Waals surface area contributed by atoms with Crippen molar-refractivity contribution in [2.75, 3.05) is 26.1 Å². The zero-order valence-corrected chi connectivity index (χ0v) is 35.1. The first-order valence-electron chi connectivity index (χ1n) is 21.0. The van der Waals surface area contributed by atoms with E-state index in [1.807, 2.05) is 12.4 Å². The van der Waals surface area contributed by atoms with Crippen LogP contribution in [0, 0.1) is 0 Å². The summed E-state index contributed by atoms with van der Waals surface area (Å²) in [5.41, 5.74) is 8.66. The predicted molar refractivity (Wildman–Crippen MR) is 227 cm³/mol. The Bertz CT molecular complexity index is 2240. The molecule has 3 N–H and O–H groups in total. The van der Waals surface area contributed by atoms with Gasteiger partial charge in [-0.05, 0) is 106 Å². The summed E-state index contributed by atoms with van der Waals surface area (Å²) in [6.45, 7) is 7.69. The minimum atomic E-state index is -0.827. The number of primary amides is 1. The molecule has 14 nitrogen and oxygen atoms in total. The number of hydrogen-bond donors (Lipinski definition) is 2. The molecule has 0 saturated heterocycles. The third kappa shape index (κ3) is 9.17. The number of hydrogen-bond acceptors (Lipinski definition) is 11. The number of anilines is 1. The number of benzene rings is 3. The first kappa shape index (κ1) is 42.0. The summed E-state index contributed by atoms with van der Waals surface area (Å²) >= 11 is 0. The quantitative estimate of drug-likeness (QED) is 0.0983. The fourth-order valence-corrected chi connectivity index (χ4v) is 8.14. The lowest BCUT2D eigenvalue weighted by Gasteiger charge is -2.27. The van der Waals surface area contributed by atoms with Crippen LogP contribution < -0.4 is 30.0 Å². The smallest absolute Gasteiger partial charge is 0.262 e. The van der Waals surface area contributed by atoms with E-state index in [2.05, 4.69) is 47.8 Å². The standard InChI is InChI=1S/C23H31N5O2.C23H24N2O5/c1-5-24-22-20-23(27-21(26-20)15(2)3)28(14-25-22)13-16-10-11-18(29-4)19(12-16)30-17-8-6-7-9-17;1-29-19-11-10-14(12-20(19)30-15-6-2-3-7-15)18(13-21(24)26)25-22(27)16-8-4-5-9-17(16)23(25)28/h10-12,14-15,17,24H,5-9,13H2,1-4H3;4-5,8-12,15,18H,2-3,6-7,13H2,1H3,(H2,24,26). The number of imidazole rings is 1. The molecule has 3 aliphatic heterocycles. The summed E-state index contributed by atoms with van der Waals surface area (Å²) < 4.78 is 25.4. The van der Waals surface area contributed by atoms with Gasteiger partial charge in [-0.15, -0.1) is 0 Å². The van der Waals surface area contributed by atoms with Crippen molar-refractivity contribution in [2.24, 2.45) is 5.73 Å². The lowest BCUT2D eigenvalue weighted by molar-refractivity contribution is -0.118. The van der Waals surface area contributed by atoms with E-state index in [1.54, 1.807) is 56.7 Å². The Labute approximate surface area is 351 Å². The maximum Gasteiger partial charge on any atom is 0.262 e. The summed E-state index contributed by atoms with van der Waals surface area (Å²) in [6.07, 6.45) is 10.9. The van der Waals surface area contributed by atoms with Crippen molar-refractivity contribution in [2.45, 2.75) is 109 Å². The van der Waals surface area contributed by atoms with Gasteiger partial charge in [0.25, 0.3) is 11.8 Å². The van der Waals surface area contributed by atoms with Crippen LogP contribution in [0.15, 0.2) is 67.0 Å². The van der Waals surface area contributed by atoms with Crippen LogP contribution in [-0.2, 0) is 11.3 Å². The van der Waals surface area contributed by atoms with E-state index < -0.39 is 23.8 Å². The van der Waals surface area contributed by atoms with Gasteiger partial charge < -0.3 is 34.6 Å². The Morgan fingerprint density at radius 1 is 0.817 bits per heavy atom. The van der Waals surface area contributed by atoms with E-state index in [4.69, 9.17) is 34.6 Å². The minimum absolute atomic E-state index is 0.100. The Kier molecular flexibility index (Phi) is 13.2. The predicted octanol–water partition coefficient (Wildman–Crippen LogP) is 7.94. The fraction of sp³-hybridized carbons (Fsp3) is 0.435. The first-order valence-corrected chi connectivity index (χ1v) is 21.0. The van der Waals surface area contributed by atoms with Gasteiger partial charge in [-0.1, -0.05) is 38.1 Å². The molecule has 2 fully saturated rings. The van der Waals surface area contributed by atoms with Gasteiger partial charge in [0.2, 0.25) is 5.91 Å². The van der Waals surface area contributed by atoms with Gasteiger partial charge in [0.05, 0.1) is 62.9 Å². The molecule has 5 aliphatic rings. The van der Waals surface area contributed by atoms with E-state index in [0.717, 1.165) is 90.2 Å². The molecule has 1 unspecified atom stereocenters. The number of imide groups is 1. The Morgan fingerprint density at radius 3 is 1.95 bits per heavy atom. The lowest BCUT2D eigenvalue weighted by Crippen LogP contribution is -2.36. The van der Waals surface area contributed by atoms with Crippen LogP contribution in [0.4, 0.5) is 5.82 Å². The van der Waals surface area contributed by atoms with Gasteiger partial charge in [-0.25, -0.2) is 15.0 Å². The van der Waals surface area contributed by atoms with Crippen LogP contribution in [0.25, 0.3) is 11.5 Å². The molecule has 1 atom stereocenters. The molecule has 3 amide bonds. The number of nitrogens with zero attached hydrogens (tertiary/aromatic N) is 5. The van der Waals surface area contributed by atoms with Crippen LogP contribution in [0.1, 0.15) is 128 Å². The van der Waals surface area contributed by atoms with Crippen LogP contribution in [0.2, 0.25) is 0 Å². The second kappa shape index (κ2) is 18.8. The number of amides is 3. The molecule has 60 heavy (non-hydrogen) atoms. The highest BCUT2D eigenvalue weighted by atomic mass is 16.5. The molecule has 0 aromatic heterocycles. The molecule has 0 spiro atoms. The summed E-state index contributed by atoms with van der Waals surface area (Å²) in [4.78, 5) is 53.1. The average Bonchev–Trinajstić information content (AvgIpc) is 4.08. The monoisotopic (exact) mass is 817 g/mol. The van der Waals surface area contributed by atoms with E-state index in [0.29, 0.717) is 34.7 Å². The molecule has 14 heteroatoms. The third-order valence-electron chi connectivity index (χ3n) is 11.2. The number of nitrogens with one attached hydrogen (secondary N) is 1. The normalized spacial score (nSPS) is 15.9. The minimum Gasteiger partial charge on any atom is -0.493 e. The number of carbonyl (C=O) groups is 3. The van der Waals surface area contributed by atoms with E-state index >= 15 is 0 Å². The molecule has 2 saturated carbocycles. The maximum atomic E-state index is 13.0. The van der Waals surface area contributed by atoms with Crippen molar-refractivity contribution < 1.29 is 33.3 Å². The topological polar surface area (TPSA) is 173 Å². The highest BCUT2D eigenvalue weighted by Gasteiger charge is 2.41. The maximum absolute atomic E-state index is 13.0. The van der Waals surface area contributed by atoms with Crippen molar-refractivity contribution in [3.8, 4) is 34.5 Å². The average molecular weight is 818 g/mol. The molecule has 8 rings (SSSR count). The van der Waals surface area contributed by atoms with Gasteiger partial charge >= 0.3 is 0 Å². The molecule has 3 aromatic carbocycles. The van der Waals surface area contributed by atoms with E-state index in [1.165, 1.54) is 12.8 Å². The number of methoxy groups -OCH3 is 2. The van der Waals surface area contributed by atoms with Crippen LogP contribution in [0.3, 0.4) is 0 Å². The van der Waals surface area contributed by atoms with Crippen LogP contribution in [0.5, 0.6) is 23.0 Å². The number of carbonyl (C=O) groups excluding carboxylic acids is 3. The van der Waals surface area contributed by atoms with Crippen molar-refractivity contribution in [1.82, 2.24) is 24.4 Å². The molecule has 0 bridgehead atoms. The SMILES string of the molecule is CCNc1ncn(Cc2ccc(OC)c(OC3CCCC3)c2)c2nc(C(C)C)nc1-2.COc1ccc(C(CC(N)=O)N2C(=O)c3ccccc3C2=O)cc1OC1CCCC1. The molecular formula is C46H55N7O7. The summed E-state index contributed by atoms with van der Waals surface area (Å²) in [7, 11) is 3.24. The molecule has 3 aromatic rings. The van der Waals surface area contributed by atoms with Gasteiger partial charge in [-0.2, -0.15) is 0 Å². The Balaban J connectivity index is 0.000000181. The summed E-state index contributed by atoms with van der Waals surface area (Å²) in [5, 5.41) is 3.29. The molecule has 3 heterocycles. The lowest BCUT2D eigenvalue weighted by atomic mass is 10.0. The zero-order chi connectivity index (χ0) is 42.3. The molecule has 316 valence electrons. The second-order valence-electron chi connectivity index (χ2n) is 15.8. The van der Waals surface area contributed by atoms with Crippen molar-refractivity contribution >= 4 is 23.5 Å². The van der Waals surface area contributed by atoms with Gasteiger partial charge in [0.1, 0.15) is 5.82 Å². The Hall–Kier alpha value is -6.18. The first-order chi connectivity index (χ1) is 29.1. The fourth-order valence-electron chi connectivity index (χ4n) is 8.14. The summed E-state index contributed by atoms with van der Waals surface area (Å²) in [6, 6.07) is 17.1. The third-order valence-corrected chi connectivity index (χ3v) is 11.2. The van der Waals surface area contributed by atoms with Gasteiger partial charge in [0, 0.05) is 12.5 Å². The highest BCUT2D eigenvalue weighted by molar-refractivity contribution is 6.21. The second-order valence-corrected chi connectivity index (χ2v) is 15.8. The van der Waals surface area contributed by atoms with E-state index in [-0.39, 0.29) is 24.5 Å². The number of aromatic nitrogens is 4. The van der Waals surface area contributed by atoms with E-state index in [9.17, 15) is 14.4 Å². The number of nitrogens with two attached hydrogens (primary N) is 1. The van der Waals surface area contributed by atoms with Crippen LogP contribution in [-0.4, -0.2) is 75.1 Å². The largest absolute Gasteiger partial charge is 0.493 e. The van der Waals surface area contributed by atoms with Crippen LogP contribution >= 0.6 is 0 Å². The number of rotatable bonds is 15. The van der Waals surface area contributed by atoms with Crippen molar-refractivity contribution in [1.29, 1.82) is 0 Å². The molecular weight excluding hydrogens is 763 g/mol. The van der Waals surface area contributed by atoms with Crippen molar-refractivity contribution in [3.05, 3.63) is 95.1 Å². The Morgan fingerprint density at radius 2 is 1.40 bits per heavy atom. The highest BCUT2D eigenvalue weighted by Crippen LogP contribution is 2.39. The van der Waals surface area contributed by atoms with Crippen molar-refractivity contribution in [3.63, 3.8) is 0 Å². The number of fused-ring (bicyclic) bond motifs is 2. The van der Waals surface area contributed by atoms with Gasteiger partial charge in [0.15, 0.2) is 40.3 Å². The van der Waals surface area contributed by atoms with Gasteiger partial charge in [-0.3, -0.25) is 19.3 Å². The molecule has 0 radical (unpaired) electrons. The number of ether oxygens (including phenoxy) is 4.